The van der Waals surface area contributed by atoms with Crippen LogP contribution in [0.5, 0.6) is 0 Å². The summed E-state index contributed by atoms with van der Waals surface area (Å²) in [5.74, 6) is 0.649. The van der Waals surface area contributed by atoms with Crippen molar-refractivity contribution >= 4 is 23.2 Å². The topological polar surface area (TPSA) is 66.0 Å². The number of guanidine groups is 1. The number of rotatable bonds is 7. The quantitative estimate of drug-likeness (QED) is 0.576. The molecule has 1 amide bonds. The molecular formula is C17H28N4O2S. The van der Waals surface area contributed by atoms with Crippen molar-refractivity contribution in [3.63, 3.8) is 0 Å². The van der Waals surface area contributed by atoms with E-state index in [2.05, 4.69) is 40.1 Å². The van der Waals surface area contributed by atoms with Crippen molar-refractivity contribution in [2.24, 2.45) is 4.99 Å². The summed E-state index contributed by atoms with van der Waals surface area (Å²) in [5, 5.41) is 8.72. The highest BCUT2D eigenvalue weighted by Crippen LogP contribution is 2.23. The zero-order valence-corrected chi connectivity index (χ0v) is 15.6. The minimum atomic E-state index is -0.151. The van der Waals surface area contributed by atoms with E-state index in [-0.39, 0.29) is 18.1 Å². The van der Waals surface area contributed by atoms with Crippen LogP contribution in [0, 0.1) is 0 Å². The Kier molecular flexibility index (Phi) is 7.05. The Balaban J connectivity index is 1.86. The first-order valence-corrected chi connectivity index (χ1v) is 9.25. The first kappa shape index (κ1) is 18.7. The van der Waals surface area contributed by atoms with E-state index in [1.54, 1.807) is 30.3 Å². The lowest BCUT2D eigenvalue weighted by Crippen LogP contribution is -2.46. The summed E-state index contributed by atoms with van der Waals surface area (Å²) < 4.78 is 5.80. The van der Waals surface area contributed by atoms with Gasteiger partial charge in [0.05, 0.1) is 5.60 Å². The second-order valence-corrected chi connectivity index (χ2v) is 7.50. The van der Waals surface area contributed by atoms with Gasteiger partial charge in [-0.1, -0.05) is 6.07 Å². The van der Waals surface area contributed by atoms with Gasteiger partial charge in [-0.3, -0.25) is 4.79 Å². The molecule has 1 atom stereocenters. The molecule has 24 heavy (non-hydrogen) atoms. The third-order valence-electron chi connectivity index (χ3n) is 4.05. The second-order valence-electron chi connectivity index (χ2n) is 6.46. The standard InChI is InChI=1S/C17H28N4O2S/c1-17(8-5-10-23-17)13-20-16(19-12-15(22)21(2)3)18-9-7-14-6-4-11-24-14/h4,6,11H,5,7-10,12-13H2,1-3H3,(H2,18,19,20). The van der Waals surface area contributed by atoms with E-state index >= 15 is 0 Å². The number of aliphatic imine (C=N–C) groups is 1. The van der Waals surface area contributed by atoms with Crippen LogP contribution in [-0.2, 0) is 16.0 Å². The molecule has 0 saturated carbocycles. The van der Waals surface area contributed by atoms with E-state index in [0.29, 0.717) is 12.5 Å². The van der Waals surface area contributed by atoms with Crippen molar-refractivity contribution in [2.45, 2.75) is 31.8 Å². The maximum absolute atomic E-state index is 11.8. The van der Waals surface area contributed by atoms with E-state index in [0.717, 1.165) is 32.4 Å². The lowest BCUT2D eigenvalue weighted by molar-refractivity contribution is -0.127. The molecule has 0 bridgehead atoms. The van der Waals surface area contributed by atoms with Gasteiger partial charge >= 0.3 is 0 Å². The molecule has 7 heteroatoms. The molecule has 1 saturated heterocycles. The zero-order valence-electron chi connectivity index (χ0n) is 14.8. The summed E-state index contributed by atoms with van der Waals surface area (Å²) in [5.41, 5.74) is -0.151. The number of ether oxygens (including phenoxy) is 1. The maximum Gasteiger partial charge on any atom is 0.243 e. The van der Waals surface area contributed by atoms with Crippen molar-refractivity contribution in [3.8, 4) is 0 Å². The molecule has 2 rings (SSSR count). The number of carbonyl (C=O) groups is 1. The van der Waals surface area contributed by atoms with Crippen LogP contribution in [0.25, 0.3) is 0 Å². The Morgan fingerprint density at radius 2 is 2.29 bits per heavy atom. The fraction of sp³-hybridized carbons (Fsp3) is 0.647. The largest absolute Gasteiger partial charge is 0.373 e. The summed E-state index contributed by atoms with van der Waals surface area (Å²) in [4.78, 5) is 19.1. The molecule has 0 aromatic carbocycles. The third kappa shape index (κ3) is 6.13. The Bertz CT molecular complexity index is 537. The SMILES string of the molecule is CN(C)C(=O)CN=C(NCCc1cccs1)NCC1(C)CCCO1. The number of carbonyl (C=O) groups excluding carboxylic acids is 1. The number of hydrogen-bond acceptors (Lipinski definition) is 4. The van der Waals surface area contributed by atoms with Crippen LogP contribution in [0.4, 0.5) is 0 Å². The molecule has 6 nitrogen and oxygen atoms in total. The Morgan fingerprint density at radius 3 is 2.92 bits per heavy atom. The number of likely N-dealkylation sites (N-methyl/N-ethyl adjacent to an activating group) is 1. The summed E-state index contributed by atoms with van der Waals surface area (Å²) in [6.07, 6.45) is 3.07. The molecule has 134 valence electrons. The van der Waals surface area contributed by atoms with Gasteiger partial charge in [0, 0.05) is 38.7 Å². The van der Waals surface area contributed by atoms with E-state index in [4.69, 9.17) is 4.74 Å². The van der Waals surface area contributed by atoms with Gasteiger partial charge in [-0.25, -0.2) is 4.99 Å². The fourth-order valence-corrected chi connectivity index (χ4v) is 3.18. The molecule has 0 aliphatic carbocycles. The molecule has 1 aliphatic rings. The Hall–Kier alpha value is -1.60. The van der Waals surface area contributed by atoms with Gasteiger partial charge in [-0.15, -0.1) is 11.3 Å². The molecule has 2 N–H and O–H groups in total. The van der Waals surface area contributed by atoms with Crippen LogP contribution in [0.15, 0.2) is 22.5 Å². The van der Waals surface area contributed by atoms with Crippen molar-refractivity contribution in [1.82, 2.24) is 15.5 Å². The van der Waals surface area contributed by atoms with Gasteiger partial charge < -0.3 is 20.3 Å². The zero-order chi connectivity index (χ0) is 17.4. The predicted octanol–water partition coefficient (Wildman–Crippen LogP) is 1.48. The molecule has 1 unspecified atom stereocenters. The summed E-state index contributed by atoms with van der Waals surface area (Å²) >= 11 is 1.75. The highest BCUT2D eigenvalue weighted by atomic mass is 32.1. The molecule has 2 heterocycles. The van der Waals surface area contributed by atoms with Crippen LogP contribution >= 0.6 is 11.3 Å². The summed E-state index contributed by atoms with van der Waals surface area (Å²) in [6, 6.07) is 4.18. The fourth-order valence-electron chi connectivity index (χ4n) is 2.47. The number of nitrogens with one attached hydrogen (secondary N) is 2. The van der Waals surface area contributed by atoms with Crippen LogP contribution < -0.4 is 10.6 Å². The highest BCUT2D eigenvalue weighted by Gasteiger charge is 2.29. The van der Waals surface area contributed by atoms with Crippen LogP contribution in [-0.4, -0.2) is 62.7 Å². The first-order chi connectivity index (χ1) is 11.5. The number of hydrogen-bond donors (Lipinski definition) is 2. The van der Waals surface area contributed by atoms with E-state index in [1.807, 2.05) is 0 Å². The predicted molar refractivity (Wildman–Crippen MR) is 98.6 cm³/mol. The summed E-state index contributed by atoms with van der Waals surface area (Å²) in [7, 11) is 3.48. The lowest BCUT2D eigenvalue weighted by atomic mass is 10.0. The van der Waals surface area contributed by atoms with Crippen molar-refractivity contribution in [2.75, 3.05) is 40.3 Å². The van der Waals surface area contributed by atoms with Gasteiger partial charge in [-0.2, -0.15) is 0 Å². The Labute approximate surface area is 148 Å². The molecule has 1 aromatic heterocycles. The number of thiophene rings is 1. The molecule has 1 aliphatic heterocycles. The van der Waals surface area contributed by atoms with E-state index in [1.165, 1.54) is 4.88 Å². The molecule has 1 fully saturated rings. The lowest BCUT2D eigenvalue weighted by Gasteiger charge is -2.25. The number of amides is 1. The first-order valence-electron chi connectivity index (χ1n) is 8.37. The van der Waals surface area contributed by atoms with Gasteiger partial charge in [-0.05, 0) is 37.6 Å². The Morgan fingerprint density at radius 1 is 1.46 bits per heavy atom. The van der Waals surface area contributed by atoms with Gasteiger partial charge in [0.2, 0.25) is 5.91 Å². The highest BCUT2D eigenvalue weighted by molar-refractivity contribution is 7.09. The third-order valence-corrected chi connectivity index (χ3v) is 4.98. The smallest absolute Gasteiger partial charge is 0.243 e. The average Bonchev–Trinajstić information content (AvgIpc) is 3.21. The van der Waals surface area contributed by atoms with Crippen molar-refractivity contribution in [1.29, 1.82) is 0 Å². The average molecular weight is 353 g/mol. The van der Waals surface area contributed by atoms with Crippen molar-refractivity contribution < 1.29 is 9.53 Å². The molecular weight excluding hydrogens is 324 g/mol. The minimum absolute atomic E-state index is 0.0160. The second kappa shape index (κ2) is 9.03. The molecule has 0 spiro atoms. The molecule has 0 radical (unpaired) electrons. The minimum Gasteiger partial charge on any atom is -0.373 e. The normalized spacial score (nSPS) is 20.9. The van der Waals surface area contributed by atoms with Gasteiger partial charge in [0.15, 0.2) is 5.96 Å². The van der Waals surface area contributed by atoms with Crippen LogP contribution in [0.2, 0.25) is 0 Å². The monoisotopic (exact) mass is 352 g/mol. The van der Waals surface area contributed by atoms with Gasteiger partial charge in [0.1, 0.15) is 6.54 Å². The van der Waals surface area contributed by atoms with E-state index in [9.17, 15) is 4.79 Å². The number of nitrogens with zero attached hydrogens (tertiary/aromatic N) is 2. The maximum atomic E-state index is 11.8. The van der Waals surface area contributed by atoms with Crippen molar-refractivity contribution in [3.05, 3.63) is 22.4 Å². The van der Waals surface area contributed by atoms with Crippen LogP contribution in [0.1, 0.15) is 24.6 Å². The van der Waals surface area contributed by atoms with E-state index < -0.39 is 0 Å². The summed E-state index contributed by atoms with van der Waals surface area (Å²) in [6.45, 7) is 4.53. The van der Waals surface area contributed by atoms with Crippen LogP contribution in [0.3, 0.4) is 0 Å². The van der Waals surface area contributed by atoms with Gasteiger partial charge in [0.25, 0.3) is 0 Å². The molecule has 1 aromatic rings.